The Bertz CT molecular complexity index is 1120. The summed E-state index contributed by atoms with van der Waals surface area (Å²) in [6.07, 6.45) is 4.67. The summed E-state index contributed by atoms with van der Waals surface area (Å²) in [4.78, 5) is 24.4. The summed E-state index contributed by atoms with van der Waals surface area (Å²) in [5, 5.41) is 8.73. The highest BCUT2D eigenvalue weighted by Crippen LogP contribution is 2.37. The number of nitrogens with one attached hydrogen (secondary N) is 1. The van der Waals surface area contributed by atoms with Crippen molar-refractivity contribution in [1.29, 1.82) is 0 Å². The van der Waals surface area contributed by atoms with Crippen LogP contribution in [0.2, 0.25) is 0 Å². The van der Waals surface area contributed by atoms with Crippen molar-refractivity contribution in [1.82, 2.24) is 13.9 Å². The second kappa shape index (κ2) is 6.47. The van der Waals surface area contributed by atoms with Crippen molar-refractivity contribution < 1.29 is 14.3 Å². The normalized spacial score (nSPS) is 15.6. The van der Waals surface area contributed by atoms with Gasteiger partial charge in [-0.2, -0.15) is 0 Å². The SMILES string of the molecule is Cn1c(=O)n(-c2ccc(/C=C/C(=O)O)o2)c2cc(SNC3(C)CC3)ccc21. The molecule has 2 aromatic heterocycles. The Morgan fingerprint density at radius 2 is 2.07 bits per heavy atom. The van der Waals surface area contributed by atoms with Crippen LogP contribution < -0.4 is 10.4 Å². The van der Waals surface area contributed by atoms with Crippen molar-refractivity contribution >= 4 is 35.0 Å². The third-order valence-corrected chi connectivity index (χ3v) is 5.75. The van der Waals surface area contributed by atoms with E-state index in [2.05, 4.69) is 11.6 Å². The third kappa shape index (κ3) is 3.45. The number of aliphatic carboxylic acids is 1. The van der Waals surface area contributed by atoms with E-state index in [0.29, 0.717) is 11.6 Å². The quantitative estimate of drug-likeness (QED) is 0.500. The average Bonchev–Trinajstić information content (AvgIpc) is 3.10. The van der Waals surface area contributed by atoms with E-state index in [0.717, 1.165) is 34.8 Å². The number of carbonyl (C=O) groups is 1. The third-order valence-electron chi connectivity index (χ3n) is 4.67. The molecular weight excluding hydrogens is 366 g/mol. The molecule has 8 heteroatoms. The Hall–Kier alpha value is -2.71. The molecule has 0 unspecified atom stereocenters. The number of furan rings is 1. The number of carboxylic acid groups (broad SMARTS) is 1. The number of hydrogen-bond donors (Lipinski definition) is 2. The van der Waals surface area contributed by atoms with Crippen molar-refractivity contribution in [2.75, 3.05) is 0 Å². The second-order valence-electron chi connectivity index (χ2n) is 6.94. The van der Waals surface area contributed by atoms with Gasteiger partial charge in [0.05, 0.1) is 11.0 Å². The Labute approximate surface area is 159 Å². The van der Waals surface area contributed by atoms with E-state index in [4.69, 9.17) is 9.52 Å². The fourth-order valence-electron chi connectivity index (χ4n) is 2.78. The van der Waals surface area contributed by atoms with Gasteiger partial charge in [0.15, 0.2) is 0 Å². The Kier molecular flexibility index (Phi) is 4.24. The first-order chi connectivity index (χ1) is 12.9. The molecule has 1 aliphatic rings. The van der Waals surface area contributed by atoms with Crippen LogP contribution in [0.5, 0.6) is 0 Å². The number of nitrogens with zero attached hydrogens (tertiary/aromatic N) is 2. The summed E-state index contributed by atoms with van der Waals surface area (Å²) in [7, 11) is 1.71. The molecule has 2 N–H and O–H groups in total. The van der Waals surface area contributed by atoms with Gasteiger partial charge in [-0.3, -0.25) is 9.29 Å². The summed E-state index contributed by atoms with van der Waals surface area (Å²) < 4.78 is 12.2. The van der Waals surface area contributed by atoms with Crippen LogP contribution in [0.15, 0.2) is 50.5 Å². The van der Waals surface area contributed by atoms with Crippen LogP contribution in [0.3, 0.4) is 0 Å². The van der Waals surface area contributed by atoms with Gasteiger partial charge in [-0.05, 0) is 62.1 Å². The Morgan fingerprint density at radius 1 is 1.30 bits per heavy atom. The van der Waals surface area contributed by atoms with Crippen LogP contribution in [0.1, 0.15) is 25.5 Å². The van der Waals surface area contributed by atoms with E-state index in [-0.39, 0.29) is 11.2 Å². The number of fused-ring (bicyclic) bond motifs is 1. The molecule has 0 bridgehead atoms. The van der Waals surface area contributed by atoms with E-state index in [1.54, 1.807) is 35.7 Å². The van der Waals surface area contributed by atoms with Gasteiger partial charge in [-0.15, -0.1) is 0 Å². The van der Waals surface area contributed by atoms with Crippen LogP contribution in [-0.4, -0.2) is 25.7 Å². The molecule has 7 nitrogen and oxygen atoms in total. The molecular formula is C19H19N3O4S. The fraction of sp³-hybridized carbons (Fsp3) is 0.263. The summed E-state index contributed by atoms with van der Waals surface area (Å²) in [5.41, 5.74) is 1.50. The maximum Gasteiger partial charge on any atom is 0.335 e. The van der Waals surface area contributed by atoms with Crippen LogP contribution in [0.25, 0.3) is 23.0 Å². The minimum absolute atomic E-state index is 0.197. The highest BCUT2D eigenvalue weighted by Gasteiger charge is 2.37. The predicted octanol–water partition coefficient (Wildman–Crippen LogP) is 3.17. The first-order valence-corrected chi connectivity index (χ1v) is 9.35. The van der Waals surface area contributed by atoms with E-state index in [1.807, 2.05) is 18.2 Å². The molecule has 1 aromatic carbocycles. The maximum atomic E-state index is 12.7. The number of aromatic nitrogens is 2. The summed E-state index contributed by atoms with van der Waals surface area (Å²) in [6.45, 7) is 2.19. The fourth-order valence-corrected chi connectivity index (χ4v) is 3.65. The minimum atomic E-state index is -1.06. The standard InChI is InChI=1S/C19H19N3O4S/c1-19(9-10-19)20-27-13-5-6-14-15(11-13)22(18(25)21(14)2)16-7-3-12(26-16)4-8-17(23)24/h3-8,11,20H,9-10H2,1-2H3,(H,23,24)/b8-4+. The molecule has 0 saturated heterocycles. The lowest BCUT2D eigenvalue weighted by molar-refractivity contribution is -0.131. The zero-order chi connectivity index (χ0) is 19.2. The molecule has 4 rings (SSSR count). The van der Waals surface area contributed by atoms with Gasteiger partial charge in [0, 0.05) is 29.6 Å². The van der Waals surface area contributed by atoms with Gasteiger partial charge < -0.3 is 9.52 Å². The highest BCUT2D eigenvalue weighted by atomic mass is 32.2. The molecule has 0 aliphatic heterocycles. The first-order valence-electron chi connectivity index (χ1n) is 8.53. The van der Waals surface area contributed by atoms with Crippen LogP contribution in [0, 0.1) is 0 Å². The molecule has 3 aromatic rings. The molecule has 1 aliphatic carbocycles. The lowest BCUT2D eigenvalue weighted by atomic mass is 10.3. The van der Waals surface area contributed by atoms with Gasteiger partial charge in [0.2, 0.25) is 5.88 Å². The van der Waals surface area contributed by atoms with Gasteiger partial charge in [-0.1, -0.05) is 0 Å². The van der Waals surface area contributed by atoms with Crippen molar-refractivity contribution in [3.8, 4) is 5.88 Å². The van der Waals surface area contributed by atoms with Crippen LogP contribution in [0.4, 0.5) is 0 Å². The number of hydrogen-bond acceptors (Lipinski definition) is 5. The number of benzene rings is 1. The summed E-state index contributed by atoms with van der Waals surface area (Å²) in [5.74, 6) is -0.348. The number of rotatable bonds is 6. The first kappa shape index (κ1) is 17.7. The van der Waals surface area contributed by atoms with E-state index in [9.17, 15) is 9.59 Å². The van der Waals surface area contributed by atoms with Gasteiger partial charge in [0.25, 0.3) is 0 Å². The highest BCUT2D eigenvalue weighted by molar-refractivity contribution is 7.97. The predicted molar refractivity (Wildman–Crippen MR) is 104 cm³/mol. The van der Waals surface area contributed by atoms with Crippen molar-refractivity contribution in [2.45, 2.75) is 30.2 Å². The van der Waals surface area contributed by atoms with E-state index in [1.165, 1.54) is 10.6 Å². The van der Waals surface area contributed by atoms with Crippen molar-refractivity contribution in [3.63, 3.8) is 0 Å². The number of imidazole rings is 1. The smallest absolute Gasteiger partial charge is 0.335 e. The van der Waals surface area contributed by atoms with Gasteiger partial charge >= 0.3 is 11.7 Å². The molecule has 0 radical (unpaired) electrons. The molecule has 0 spiro atoms. The molecule has 27 heavy (non-hydrogen) atoms. The molecule has 2 heterocycles. The Balaban J connectivity index is 1.73. The van der Waals surface area contributed by atoms with E-state index < -0.39 is 5.97 Å². The average molecular weight is 385 g/mol. The molecule has 1 saturated carbocycles. The minimum Gasteiger partial charge on any atom is -0.478 e. The molecule has 140 valence electrons. The van der Waals surface area contributed by atoms with Gasteiger partial charge in [0.1, 0.15) is 5.76 Å². The molecule has 0 atom stereocenters. The number of aryl methyl sites for hydroxylation is 1. The lowest BCUT2D eigenvalue weighted by Crippen LogP contribution is -2.20. The van der Waals surface area contributed by atoms with E-state index >= 15 is 0 Å². The molecule has 1 fully saturated rings. The monoisotopic (exact) mass is 385 g/mol. The van der Waals surface area contributed by atoms with Crippen LogP contribution in [-0.2, 0) is 11.8 Å². The number of carboxylic acids is 1. The molecule has 0 amide bonds. The largest absolute Gasteiger partial charge is 0.478 e. The zero-order valence-electron chi connectivity index (χ0n) is 14.9. The summed E-state index contributed by atoms with van der Waals surface area (Å²) >= 11 is 1.56. The van der Waals surface area contributed by atoms with Crippen molar-refractivity contribution in [3.05, 3.63) is 52.7 Å². The lowest BCUT2D eigenvalue weighted by Gasteiger charge is -2.10. The van der Waals surface area contributed by atoms with Crippen LogP contribution >= 0.6 is 11.9 Å². The van der Waals surface area contributed by atoms with Gasteiger partial charge in [-0.25, -0.2) is 14.2 Å². The Morgan fingerprint density at radius 3 is 2.78 bits per heavy atom. The zero-order valence-corrected chi connectivity index (χ0v) is 15.7. The second-order valence-corrected chi connectivity index (χ2v) is 7.82. The maximum absolute atomic E-state index is 12.7. The summed E-state index contributed by atoms with van der Waals surface area (Å²) in [6, 6.07) is 9.15. The van der Waals surface area contributed by atoms with Crippen molar-refractivity contribution in [2.24, 2.45) is 7.05 Å². The topological polar surface area (TPSA) is 89.4 Å².